The minimum atomic E-state index is -0.257. The molecule has 1 aromatic rings. The quantitative estimate of drug-likeness (QED) is 0.859. The number of aliphatic hydroxyl groups is 1. The lowest BCUT2D eigenvalue weighted by Gasteiger charge is -2.34. The molecule has 0 aromatic carbocycles. The van der Waals surface area contributed by atoms with Gasteiger partial charge in [0.15, 0.2) is 0 Å². The molecule has 1 aliphatic heterocycles. The standard InChI is InChI=1S/C11H16BrN3O2/c1-7(16)8-2-4-15(5-3-8)10-9(12)11(17)14-6-13-10/h6-8,16H,2-5H2,1H3,(H,13,14,17). The summed E-state index contributed by atoms with van der Waals surface area (Å²) in [5.74, 6) is 1.05. The molecule has 0 amide bonds. The van der Waals surface area contributed by atoms with Gasteiger partial charge in [-0.3, -0.25) is 4.79 Å². The van der Waals surface area contributed by atoms with Crippen molar-refractivity contribution in [2.75, 3.05) is 18.0 Å². The zero-order valence-electron chi connectivity index (χ0n) is 9.69. The van der Waals surface area contributed by atoms with Gasteiger partial charge in [0.25, 0.3) is 5.56 Å². The van der Waals surface area contributed by atoms with E-state index in [0.29, 0.717) is 16.2 Å². The van der Waals surface area contributed by atoms with E-state index in [1.54, 1.807) is 0 Å². The maximum atomic E-state index is 11.4. The highest BCUT2D eigenvalue weighted by molar-refractivity contribution is 9.10. The fraction of sp³-hybridized carbons (Fsp3) is 0.636. The fourth-order valence-corrected chi connectivity index (χ4v) is 2.66. The Balaban J connectivity index is 2.11. The average molecular weight is 302 g/mol. The predicted molar refractivity (Wildman–Crippen MR) is 69.2 cm³/mol. The zero-order valence-corrected chi connectivity index (χ0v) is 11.3. The summed E-state index contributed by atoms with van der Waals surface area (Å²) in [6, 6.07) is 0. The van der Waals surface area contributed by atoms with Crippen molar-refractivity contribution in [1.82, 2.24) is 9.97 Å². The predicted octanol–water partition coefficient (Wildman–Crippen LogP) is 1.13. The topological polar surface area (TPSA) is 69.2 Å². The Bertz CT molecular complexity index is 439. The largest absolute Gasteiger partial charge is 0.393 e. The molecule has 17 heavy (non-hydrogen) atoms. The normalized spacial score (nSPS) is 19.4. The second kappa shape index (κ2) is 5.18. The van der Waals surface area contributed by atoms with Crippen molar-refractivity contribution in [2.45, 2.75) is 25.9 Å². The Kier molecular flexibility index (Phi) is 3.83. The third kappa shape index (κ3) is 2.69. The van der Waals surface area contributed by atoms with Crippen molar-refractivity contribution in [2.24, 2.45) is 5.92 Å². The van der Waals surface area contributed by atoms with Crippen LogP contribution in [-0.4, -0.2) is 34.3 Å². The molecular formula is C11H16BrN3O2. The smallest absolute Gasteiger partial charge is 0.267 e. The number of nitrogens with one attached hydrogen (secondary N) is 1. The van der Waals surface area contributed by atoms with Crippen LogP contribution in [0.25, 0.3) is 0 Å². The maximum absolute atomic E-state index is 11.4. The van der Waals surface area contributed by atoms with Gasteiger partial charge in [0, 0.05) is 13.1 Å². The highest BCUT2D eigenvalue weighted by Crippen LogP contribution is 2.26. The van der Waals surface area contributed by atoms with Gasteiger partial charge in [0.1, 0.15) is 10.3 Å². The van der Waals surface area contributed by atoms with Crippen LogP contribution in [0.2, 0.25) is 0 Å². The van der Waals surface area contributed by atoms with Crippen molar-refractivity contribution in [1.29, 1.82) is 0 Å². The van der Waals surface area contributed by atoms with Crippen LogP contribution >= 0.6 is 15.9 Å². The first-order chi connectivity index (χ1) is 8.09. The molecule has 1 fully saturated rings. The number of H-pyrrole nitrogens is 1. The van der Waals surface area contributed by atoms with Crippen molar-refractivity contribution < 1.29 is 5.11 Å². The fourth-order valence-electron chi connectivity index (χ4n) is 2.19. The molecular weight excluding hydrogens is 286 g/mol. The average Bonchev–Trinajstić information content (AvgIpc) is 2.33. The number of hydrogen-bond donors (Lipinski definition) is 2. The van der Waals surface area contributed by atoms with Crippen molar-refractivity contribution in [3.63, 3.8) is 0 Å². The highest BCUT2D eigenvalue weighted by atomic mass is 79.9. The number of halogens is 1. The van der Waals surface area contributed by atoms with E-state index in [-0.39, 0.29) is 11.7 Å². The monoisotopic (exact) mass is 301 g/mol. The number of hydrogen-bond acceptors (Lipinski definition) is 4. The Morgan fingerprint density at radius 2 is 2.24 bits per heavy atom. The van der Waals surface area contributed by atoms with E-state index in [1.165, 1.54) is 6.33 Å². The van der Waals surface area contributed by atoms with Gasteiger partial charge in [-0.05, 0) is 41.6 Å². The van der Waals surface area contributed by atoms with Crippen molar-refractivity contribution >= 4 is 21.7 Å². The van der Waals surface area contributed by atoms with Gasteiger partial charge in [-0.2, -0.15) is 0 Å². The first-order valence-corrected chi connectivity index (χ1v) is 6.55. The first kappa shape index (κ1) is 12.6. The van der Waals surface area contributed by atoms with Gasteiger partial charge >= 0.3 is 0 Å². The van der Waals surface area contributed by atoms with Crippen LogP contribution in [0, 0.1) is 5.92 Å². The summed E-state index contributed by atoms with van der Waals surface area (Å²) in [7, 11) is 0. The summed E-state index contributed by atoms with van der Waals surface area (Å²) in [6.07, 6.45) is 3.02. The van der Waals surface area contributed by atoms with Crippen LogP contribution in [0.1, 0.15) is 19.8 Å². The molecule has 0 bridgehead atoms. The molecule has 6 heteroatoms. The number of rotatable bonds is 2. The van der Waals surface area contributed by atoms with Crippen molar-refractivity contribution in [3.8, 4) is 0 Å². The molecule has 0 spiro atoms. The number of aromatic amines is 1. The van der Waals surface area contributed by atoms with Crippen LogP contribution in [-0.2, 0) is 0 Å². The van der Waals surface area contributed by atoms with Gasteiger partial charge in [0.2, 0.25) is 0 Å². The lowest BCUT2D eigenvalue weighted by atomic mass is 9.92. The summed E-state index contributed by atoms with van der Waals surface area (Å²) < 4.78 is 0.482. The molecule has 1 aliphatic rings. The van der Waals surface area contributed by atoms with Crippen LogP contribution in [0.4, 0.5) is 5.82 Å². The Morgan fingerprint density at radius 3 is 2.82 bits per heavy atom. The second-order valence-electron chi connectivity index (χ2n) is 4.43. The number of aromatic nitrogens is 2. The number of piperidine rings is 1. The summed E-state index contributed by atoms with van der Waals surface area (Å²) in [5.41, 5.74) is -0.160. The van der Waals surface area contributed by atoms with E-state index < -0.39 is 0 Å². The molecule has 2 N–H and O–H groups in total. The van der Waals surface area contributed by atoms with E-state index in [1.807, 2.05) is 6.92 Å². The molecule has 1 unspecified atom stereocenters. The SMILES string of the molecule is CC(O)C1CCN(c2nc[nH]c(=O)c2Br)CC1. The minimum Gasteiger partial charge on any atom is -0.393 e. The molecule has 94 valence electrons. The number of aliphatic hydroxyl groups excluding tert-OH is 1. The maximum Gasteiger partial charge on any atom is 0.267 e. The Morgan fingerprint density at radius 1 is 1.59 bits per heavy atom. The molecule has 1 atom stereocenters. The Labute approximate surface area is 108 Å². The molecule has 2 rings (SSSR count). The summed E-state index contributed by atoms with van der Waals surface area (Å²) in [5, 5.41) is 9.53. The minimum absolute atomic E-state index is 0.160. The highest BCUT2D eigenvalue weighted by Gasteiger charge is 2.24. The van der Waals surface area contributed by atoms with Crippen LogP contribution in [0.15, 0.2) is 15.6 Å². The number of nitrogens with zero attached hydrogens (tertiary/aromatic N) is 2. The zero-order chi connectivity index (χ0) is 12.4. The van der Waals surface area contributed by atoms with Gasteiger partial charge in [-0.15, -0.1) is 0 Å². The van der Waals surface area contributed by atoms with Gasteiger partial charge in [0.05, 0.1) is 12.4 Å². The second-order valence-corrected chi connectivity index (χ2v) is 5.23. The van der Waals surface area contributed by atoms with E-state index in [0.717, 1.165) is 25.9 Å². The third-order valence-electron chi connectivity index (χ3n) is 3.30. The summed E-state index contributed by atoms with van der Waals surface area (Å²) >= 11 is 3.26. The molecule has 2 heterocycles. The lowest BCUT2D eigenvalue weighted by Crippen LogP contribution is -2.38. The van der Waals surface area contributed by atoms with Crippen molar-refractivity contribution in [3.05, 3.63) is 21.2 Å². The Hall–Kier alpha value is -0.880. The summed E-state index contributed by atoms with van der Waals surface area (Å²) in [6.45, 7) is 3.48. The molecule has 1 saturated heterocycles. The molecule has 1 aromatic heterocycles. The van der Waals surface area contributed by atoms with Gasteiger partial charge in [-0.25, -0.2) is 4.98 Å². The molecule has 0 radical (unpaired) electrons. The van der Waals surface area contributed by atoms with Gasteiger partial charge < -0.3 is 15.0 Å². The van der Waals surface area contributed by atoms with E-state index in [4.69, 9.17) is 0 Å². The van der Waals surface area contributed by atoms with Crippen LogP contribution in [0.3, 0.4) is 0 Å². The molecule has 5 nitrogen and oxygen atoms in total. The number of anilines is 1. The van der Waals surface area contributed by atoms with Crippen LogP contribution < -0.4 is 10.5 Å². The summed E-state index contributed by atoms with van der Waals surface area (Å²) in [4.78, 5) is 20.2. The molecule has 0 saturated carbocycles. The lowest BCUT2D eigenvalue weighted by molar-refractivity contribution is 0.109. The van der Waals surface area contributed by atoms with Gasteiger partial charge in [-0.1, -0.05) is 0 Å². The van der Waals surface area contributed by atoms with E-state index >= 15 is 0 Å². The van der Waals surface area contributed by atoms with E-state index in [2.05, 4.69) is 30.8 Å². The third-order valence-corrected chi connectivity index (χ3v) is 4.01. The molecule has 0 aliphatic carbocycles. The first-order valence-electron chi connectivity index (χ1n) is 5.76. The van der Waals surface area contributed by atoms with Crippen LogP contribution in [0.5, 0.6) is 0 Å². The van der Waals surface area contributed by atoms with E-state index in [9.17, 15) is 9.90 Å².